The summed E-state index contributed by atoms with van der Waals surface area (Å²) in [6.07, 6.45) is 1.54. The fourth-order valence-corrected chi connectivity index (χ4v) is 1.46. The van der Waals surface area contributed by atoms with E-state index in [1.807, 2.05) is 30.3 Å². The zero-order chi connectivity index (χ0) is 12.1. The second kappa shape index (κ2) is 5.10. The molecule has 1 aromatic carbocycles. The molecule has 0 spiro atoms. The first kappa shape index (κ1) is 11.1. The molecule has 2 rings (SSSR count). The van der Waals surface area contributed by atoms with Gasteiger partial charge in [-0.15, -0.1) is 0 Å². The average Bonchev–Trinajstić information content (AvgIpc) is 2.40. The maximum atomic E-state index is 8.66. The van der Waals surface area contributed by atoms with Crippen molar-refractivity contribution in [2.75, 3.05) is 5.32 Å². The zero-order valence-corrected chi connectivity index (χ0v) is 9.22. The number of rotatable bonds is 3. The molecule has 0 bridgehead atoms. The van der Waals surface area contributed by atoms with Crippen molar-refractivity contribution >= 4 is 11.5 Å². The summed E-state index contributed by atoms with van der Waals surface area (Å²) < 4.78 is 0. The molecule has 17 heavy (non-hydrogen) atoms. The molecule has 84 valence electrons. The summed E-state index contributed by atoms with van der Waals surface area (Å²) in [6, 6.07) is 13.3. The molecule has 0 saturated carbocycles. The van der Waals surface area contributed by atoms with Gasteiger partial charge in [-0.1, -0.05) is 12.1 Å². The number of nitrogens with two attached hydrogens (primary N) is 1. The normalized spacial score (nSPS) is 9.65. The summed E-state index contributed by atoms with van der Waals surface area (Å²) in [7, 11) is 0. The van der Waals surface area contributed by atoms with E-state index in [1.54, 1.807) is 12.1 Å². The molecule has 0 amide bonds. The molecule has 0 aliphatic carbocycles. The topological polar surface area (TPSA) is 74.7 Å². The second-order valence-corrected chi connectivity index (χ2v) is 3.57. The van der Waals surface area contributed by atoms with E-state index in [1.165, 1.54) is 6.20 Å². The predicted octanol–water partition coefficient (Wildman–Crippen LogP) is 2.16. The number of nitrogens with one attached hydrogen (secondary N) is 1. The van der Waals surface area contributed by atoms with Gasteiger partial charge in [0.05, 0.1) is 5.56 Å². The minimum atomic E-state index is 0.510. The Kier molecular flexibility index (Phi) is 3.34. The lowest BCUT2D eigenvalue weighted by molar-refractivity contribution is 1.07. The third kappa shape index (κ3) is 2.80. The Morgan fingerprint density at radius 3 is 2.82 bits per heavy atom. The van der Waals surface area contributed by atoms with E-state index >= 15 is 0 Å². The minimum absolute atomic E-state index is 0.510. The van der Waals surface area contributed by atoms with Crippen molar-refractivity contribution in [3.8, 4) is 6.07 Å². The van der Waals surface area contributed by atoms with Crippen LogP contribution < -0.4 is 11.1 Å². The summed E-state index contributed by atoms with van der Waals surface area (Å²) in [4.78, 5) is 4.14. The fraction of sp³-hybridized carbons (Fsp3) is 0.0769. The van der Waals surface area contributed by atoms with E-state index < -0.39 is 0 Å². The molecule has 3 N–H and O–H groups in total. The molecule has 0 unspecified atom stereocenters. The van der Waals surface area contributed by atoms with Crippen LogP contribution in [0.2, 0.25) is 0 Å². The van der Waals surface area contributed by atoms with Gasteiger partial charge in [0.15, 0.2) is 0 Å². The molecule has 0 radical (unpaired) electrons. The number of nitriles is 1. The molecule has 4 heteroatoms. The SMILES string of the molecule is N#Cc1ccc(Nc2cccc(CN)c2)nc1. The molecule has 2 aromatic rings. The maximum absolute atomic E-state index is 8.66. The summed E-state index contributed by atoms with van der Waals surface area (Å²) in [5, 5.41) is 11.8. The molecule has 0 atom stereocenters. The van der Waals surface area contributed by atoms with Crippen LogP contribution in [-0.2, 0) is 6.54 Å². The Balaban J connectivity index is 2.16. The van der Waals surface area contributed by atoms with Crippen molar-refractivity contribution in [3.05, 3.63) is 53.7 Å². The lowest BCUT2D eigenvalue weighted by Crippen LogP contribution is -1.98. The van der Waals surface area contributed by atoms with Crippen molar-refractivity contribution in [2.45, 2.75) is 6.54 Å². The number of benzene rings is 1. The first-order valence-electron chi connectivity index (χ1n) is 5.24. The van der Waals surface area contributed by atoms with Crippen LogP contribution in [0.1, 0.15) is 11.1 Å². The average molecular weight is 224 g/mol. The maximum Gasteiger partial charge on any atom is 0.130 e. The smallest absolute Gasteiger partial charge is 0.130 e. The molecular formula is C13H12N4. The van der Waals surface area contributed by atoms with Gasteiger partial charge < -0.3 is 11.1 Å². The van der Waals surface area contributed by atoms with Crippen molar-refractivity contribution in [1.29, 1.82) is 5.26 Å². The lowest BCUT2D eigenvalue weighted by Gasteiger charge is -2.06. The van der Waals surface area contributed by atoms with Crippen LogP contribution in [0.3, 0.4) is 0 Å². The first-order chi connectivity index (χ1) is 8.31. The third-order valence-electron chi connectivity index (χ3n) is 2.33. The van der Waals surface area contributed by atoms with E-state index in [0.29, 0.717) is 17.9 Å². The lowest BCUT2D eigenvalue weighted by atomic mass is 10.2. The van der Waals surface area contributed by atoms with E-state index in [-0.39, 0.29) is 0 Å². The third-order valence-corrected chi connectivity index (χ3v) is 2.33. The van der Waals surface area contributed by atoms with Gasteiger partial charge in [0.25, 0.3) is 0 Å². The van der Waals surface area contributed by atoms with E-state index in [2.05, 4.69) is 10.3 Å². The summed E-state index contributed by atoms with van der Waals surface area (Å²) in [5.41, 5.74) is 8.11. The summed E-state index contributed by atoms with van der Waals surface area (Å²) in [6.45, 7) is 0.510. The van der Waals surface area contributed by atoms with E-state index in [4.69, 9.17) is 11.0 Å². The number of hydrogen-bond donors (Lipinski definition) is 2. The van der Waals surface area contributed by atoms with Gasteiger partial charge in [-0.2, -0.15) is 5.26 Å². The van der Waals surface area contributed by atoms with Crippen molar-refractivity contribution in [3.63, 3.8) is 0 Å². The van der Waals surface area contributed by atoms with Crippen molar-refractivity contribution in [2.24, 2.45) is 5.73 Å². The van der Waals surface area contributed by atoms with Gasteiger partial charge in [-0.3, -0.25) is 0 Å². The van der Waals surface area contributed by atoms with Crippen LogP contribution in [0.4, 0.5) is 11.5 Å². The first-order valence-corrected chi connectivity index (χ1v) is 5.24. The summed E-state index contributed by atoms with van der Waals surface area (Å²) in [5.74, 6) is 0.707. The number of aromatic nitrogens is 1. The Bertz CT molecular complexity index is 540. The van der Waals surface area contributed by atoms with Crippen LogP contribution in [0, 0.1) is 11.3 Å². The van der Waals surface area contributed by atoms with Gasteiger partial charge in [0.1, 0.15) is 11.9 Å². The molecule has 0 fully saturated rings. The highest BCUT2D eigenvalue weighted by atomic mass is 15.0. The Morgan fingerprint density at radius 2 is 2.18 bits per heavy atom. The Labute approximate surface area is 99.7 Å². The van der Waals surface area contributed by atoms with Crippen LogP contribution in [0.15, 0.2) is 42.6 Å². The molecule has 0 saturated heterocycles. The van der Waals surface area contributed by atoms with Crippen LogP contribution in [-0.4, -0.2) is 4.98 Å². The van der Waals surface area contributed by atoms with Gasteiger partial charge in [-0.05, 0) is 29.8 Å². The van der Waals surface area contributed by atoms with E-state index in [0.717, 1.165) is 11.3 Å². The molecule has 4 nitrogen and oxygen atoms in total. The second-order valence-electron chi connectivity index (χ2n) is 3.57. The zero-order valence-electron chi connectivity index (χ0n) is 9.22. The number of pyridine rings is 1. The standard InChI is InChI=1S/C13H12N4/c14-7-10-2-1-3-12(6-10)17-13-5-4-11(8-15)9-16-13/h1-6,9H,7,14H2,(H,16,17). The monoisotopic (exact) mass is 224 g/mol. The predicted molar refractivity (Wildman–Crippen MR) is 66.6 cm³/mol. The minimum Gasteiger partial charge on any atom is -0.340 e. The van der Waals surface area contributed by atoms with Gasteiger partial charge >= 0.3 is 0 Å². The summed E-state index contributed by atoms with van der Waals surface area (Å²) >= 11 is 0. The Hall–Kier alpha value is -2.38. The Morgan fingerprint density at radius 1 is 1.29 bits per heavy atom. The van der Waals surface area contributed by atoms with Crippen LogP contribution in [0.25, 0.3) is 0 Å². The molecule has 1 heterocycles. The number of nitrogens with zero attached hydrogens (tertiary/aromatic N) is 2. The van der Waals surface area contributed by atoms with Crippen LogP contribution in [0.5, 0.6) is 0 Å². The van der Waals surface area contributed by atoms with Crippen molar-refractivity contribution in [1.82, 2.24) is 4.98 Å². The van der Waals surface area contributed by atoms with Gasteiger partial charge in [0.2, 0.25) is 0 Å². The van der Waals surface area contributed by atoms with Crippen LogP contribution >= 0.6 is 0 Å². The molecular weight excluding hydrogens is 212 g/mol. The molecule has 0 aliphatic rings. The van der Waals surface area contributed by atoms with E-state index in [9.17, 15) is 0 Å². The highest BCUT2D eigenvalue weighted by molar-refractivity contribution is 5.57. The quantitative estimate of drug-likeness (QED) is 0.837. The number of hydrogen-bond acceptors (Lipinski definition) is 4. The highest BCUT2D eigenvalue weighted by Gasteiger charge is 1.97. The van der Waals surface area contributed by atoms with Crippen molar-refractivity contribution < 1.29 is 0 Å². The largest absolute Gasteiger partial charge is 0.340 e. The molecule has 1 aromatic heterocycles. The molecule has 0 aliphatic heterocycles. The van der Waals surface area contributed by atoms with Gasteiger partial charge in [-0.25, -0.2) is 4.98 Å². The number of anilines is 2. The fourth-order valence-electron chi connectivity index (χ4n) is 1.46. The highest BCUT2D eigenvalue weighted by Crippen LogP contribution is 2.15. The van der Waals surface area contributed by atoms with Gasteiger partial charge in [0, 0.05) is 18.4 Å².